The molecular weight excluding hydrogens is 253 g/mol. The van der Waals surface area contributed by atoms with E-state index in [4.69, 9.17) is 4.74 Å². The van der Waals surface area contributed by atoms with Crippen molar-refractivity contribution in [1.82, 2.24) is 4.98 Å². The van der Waals surface area contributed by atoms with E-state index in [9.17, 15) is 9.18 Å². The van der Waals surface area contributed by atoms with Gasteiger partial charge in [-0.2, -0.15) is 0 Å². The quantitative estimate of drug-likeness (QED) is 0.798. The Balaban J connectivity index is 2.35. The number of carbonyl (C=O) groups is 1. The molecule has 0 unspecified atom stereocenters. The first-order valence-corrected chi connectivity index (χ1v) is 6.39. The number of aryl methyl sites for hydroxylation is 1. The van der Waals surface area contributed by atoms with E-state index in [1.807, 2.05) is 6.92 Å². The monoisotopic (exact) mass is 265 g/mol. The van der Waals surface area contributed by atoms with Crippen molar-refractivity contribution in [2.45, 2.75) is 13.8 Å². The highest BCUT2D eigenvalue weighted by Gasteiger charge is 2.14. The second kappa shape index (κ2) is 5.27. The first kappa shape index (κ1) is 12.7. The normalized spacial score (nSPS) is 10.4. The first-order valence-electron chi connectivity index (χ1n) is 5.51. The van der Waals surface area contributed by atoms with E-state index in [2.05, 4.69) is 4.98 Å². The molecule has 0 radical (unpaired) electrons. The largest absolute Gasteiger partial charge is 0.461 e. The van der Waals surface area contributed by atoms with Crippen molar-refractivity contribution in [2.75, 3.05) is 6.61 Å². The molecule has 0 amide bonds. The van der Waals surface area contributed by atoms with Gasteiger partial charge in [0.05, 0.1) is 6.61 Å². The molecule has 2 aromatic rings. The van der Waals surface area contributed by atoms with Crippen molar-refractivity contribution in [3.05, 3.63) is 40.7 Å². The third kappa shape index (κ3) is 2.56. The van der Waals surface area contributed by atoms with Crippen LogP contribution in [0.2, 0.25) is 0 Å². The van der Waals surface area contributed by atoms with Crippen LogP contribution in [0, 0.1) is 12.7 Å². The first-order chi connectivity index (χ1) is 8.61. The Bertz CT molecular complexity index is 580. The minimum Gasteiger partial charge on any atom is -0.461 e. The van der Waals surface area contributed by atoms with Gasteiger partial charge in [-0.15, -0.1) is 11.3 Å². The molecule has 0 saturated carbocycles. The zero-order chi connectivity index (χ0) is 13.1. The van der Waals surface area contributed by atoms with Gasteiger partial charge < -0.3 is 4.74 Å². The number of carbonyl (C=O) groups excluding carboxylic acids is 1. The smallest absolute Gasteiger partial charge is 0.357 e. The Hall–Kier alpha value is -1.75. The van der Waals surface area contributed by atoms with Crippen molar-refractivity contribution < 1.29 is 13.9 Å². The highest BCUT2D eigenvalue weighted by molar-refractivity contribution is 7.13. The summed E-state index contributed by atoms with van der Waals surface area (Å²) >= 11 is 1.23. The second-order valence-electron chi connectivity index (χ2n) is 3.74. The van der Waals surface area contributed by atoms with Crippen molar-refractivity contribution in [2.24, 2.45) is 0 Å². The van der Waals surface area contributed by atoms with Gasteiger partial charge in [0.15, 0.2) is 5.69 Å². The fourth-order valence-electron chi connectivity index (χ4n) is 1.50. The molecule has 0 atom stereocenters. The molecule has 1 heterocycles. The fraction of sp³-hybridized carbons (Fsp3) is 0.231. The molecule has 0 N–H and O–H groups in total. The molecule has 3 nitrogen and oxygen atoms in total. The van der Waals surface area contributed by atoms with Gasteiger partial charge in [0.25, 0.3) is 0 Å². The third-order valence-electron chi connectivity index (χ3n) is 2.34. The molecule has 2 rings (SSSR count). The van der Waals surface area contributed by atoms with Crippen LogP contribution in [0.15, 0.2) is 23.6 Å². The molecule has 0 aliphatic rings. The molecule has 1 aromatic heterocycles. The van der Waals surface area contributed by atoms with Crippen molar-refractivity contribution in [3.63, 3.8) is 0 Å². The summed E-state index contributed by atoms with van der Waals surface area (Å²) in [5, 5.41) is 2.06. The summed E-state index contributed by atoms with van der Waals surface area (Å²) in [7, 11) is 0. The maximum Gasteiger partial charge on any atom is 0.357 e. The van der Waals surface area contributed by atoms with Gasteiger partial charge in [0.1, 0.15) is 10.8 Å². The van der Waals surface area contributed by atoms with Crippen molar-refractivity contribution in [1.29, 1.82) is 0 Å². The zero-order valence-electron chi connectivity index (χ0n) is 10.1. The molecule has 5 heteroatoms. The highest BCUT2D eigenvalue weighted by Crippen LogP contribution is 2.27. The number of benzene rings is 1. The number of esters is 1. The fourth-order valence-corrected chi connectivity index (χ4v) is 2.31. The molecule has 0 spiro atoms. The Morgan fingerprint density at radius 2 is 2.28 bits per heavy atom. The van der Waals surface area contributed by atoms with Crippen LogP contribution in [0.5, 0.6) is 0 Å². The number of hydrogen-bond acceptors (Lipinski definition) is 4. The molecular formula is C13H12FNO2S. The maximum absolute atomic E-state index is 13.7. The van der Waals surface area contributed by atoms with Gasteiger partial charge in [-0.05, 0) is 26.0 Å². The van der Waals surface area contributed by atoms with E-state index < -0.39 is 5.97 Å². The molecule has 0 saturated heterocycles. The summed E-state index contributed by atoms with van der Waals surface area (Å²) in [5.74, 6) is -0.821. The number of hydrogen-bond donors (Lipinski definition) is 0. The average Bonchev–Trinajstić information content (AvgIpc) is 2.82. The van der Waals surface area contributed by atoms with Crippen molar-refractivity contribution >= 4 is 17.3 Å². The van der Waals surface area contributed by atoms with Crippen LogP contribution in [0.25, 0.3) is 10.6 Å². The van der Waals surface area contributed by atoms with E-state index in [1.54, 1.807) is 24.4 Å². The average molecular weight is 265 g/mol. The second-order valence-corrected chi connectivity index (χ2v) is 4.60. The summed E-state index contributed by atoms with van der Waals surface area (Å²) in [4.78, 5) is 15.6. The molecule has 94 valence electrons. The van der Waals surface area contributed by atoms with Gasteiger partial charge in [-0.25, -0.2) is 14.2 Å². The van der Waals surface area contributed by atoms with Crippen LogP contribution in [0.1, 0.15) is 23.0 Å². The predicted octanol–water partition coefficient (Wildman–Crippen LogP) is 3.43. The maximum atomic E-state index is 13.7. The number of rotatable bonds is 3. The molecule has 1 aromatic carbocycles. The van der Waals surface area contributed by atoms with Crippen LogP contribution in [-0.4, -0.2) is 17.6 Å². The van der Waals surface area contributed by atoms with E-state index in [1.165, 1.54) is 17.4 Å². The van der Waals surface area contributed by atoms with Gasteiger partial charge in [-0.3, -0.25) is 0 Å². The van der Waals surface area contributed by atoms with E-state index in [0.717, 1.165) is 5.56 Å². The topological polar surface area (TPSA) is 39.2 Å². The van der Waals surface area contributed by atoms with Crippen LogP contribution < -0.4 is 0 Å². The Morgan fingerprint density at radius 1 is 1.50 bits per heavy atom. The predicted molar refractivity (Wildman–Crippen MR) is 68.2 cm³/mol. The van der Waals surface area contributed by atoms with E-state index >= 15 is 0 Å². The lowest BCUT2D eigenvalue weighted by atomic mass is 10.1. The summed E-state index contributed by atoms with van der Waals surface area (Å²) in [6, 6.07) is 4.80. The number of aromatic nitrogens is 1. The summed E-state index contributed by atoms with van der Waals surface area (Å²) in [6.07, 6.45) is 0. The molecule has 0 aliphatic carbocycles. The van der Waals surface area contributed by atoms with Gasteiger partial charge in [0.2, 0.25) is 0 Å². The lowest BCUT2D eigenvalue weighted by Gasteiger charge is -2.00. The van der Waals surface area contributed by atoms with Gasteiger partial charge in [-0.1, -0.05) is 11.6 Å². The molecule has 0 fully saturated rings. The lowest BCUT2D eigenvalue weighted by Crippen LogP contribution is -2.04. The summed E-state index contributed by atoms with van der Waals surface area (Å²) in [5.41, 5.74) is 1.58. The number of thiazole rings is 1. The van der Waals surface area contributed by atoms with Gasteiger partial charge in [0, 0.05) is 10.9 Å². The minimum absolute atomic E-state index is 0.220. The van der Waals surface area contributed by atoms with E-state index in [-0.39, 0.29) is 11.5 Å². The van der Waals surface area contributed by atoms with Crippen LogP contribution in [0.4, 0.5) is 4.39 Å². The zero-order valence-corrected chi connectivity index (χ0v) is 10.9. The summed E-state index contributed by atoms with van der Waals surface area (Å²) < 4.78 is 18.5. The Morgan fingerprint density at radius 3 is 3.00 bits per heavy atom. The van der Waals surface area contributed by atoms with Crippen LogP contribution in [-0.2, 0) is 4.74 Å². The number of ether oxygens (including phenoxy) is 1. The van der Waals surface area contributed by atoms with E-state index in [0.29, 0.717) is 17.2 Å². The lowest BCUT2D eigenvalue weighted by molar-refractivity contribution is 0.0520. The van der Waals surface area contributed by atoms with Crippen LogP contribution >= 0.6 is 11.3 Å². The minimum atomic E-state index is -0.479. The van der Waals surface area contributed by atoms with Crippen LogP contribution in [0.3, 0.4) is 0 Å². The molecule has 0 aliphatic heterocycles. The highest BCUT2D eigenvalue weighted by atomic mass is 32.1. The molecule has 18 heavy (non-hydrogen) atoms. The SMILES string of the molecule is CCOC(=O)c1csc(-c2cc(C)ccc2F)n1. The Kier molecular flexibility index (Phi) is 3.72. The number of halogens is 1. The standard InChI is InChI=1S/C13H12FNO2S/c1-3-17-13(16)11-7-18-12(15-11)9-6-8(2)4-5-10(9)14/h4-7H,3H2,1-2H3. The number of nitrogens with zero attached hydrogens (tertiary/aromatic N) is 1. The summed E-state index contributed by atoms with van der Waals surface area (Å²) in [6.45, 7) is 3.90. The van der Waals surface area contributed by atoms with Crippen molar-refractivity contribution in [3.8, 4) is 10.6 Å². The Labute approximate surface area is 108 Å². The van der Waals surface area contributed by atoms with Gasteiger partial charge >= 0.3 is 5.97 Å². The third-order valence-corrected chi connectivity index (χ3v) is 3.22. The molecule has 0 bridgehead atoms.